The Morgan fingerprint density at radius 1 is 1.08 bits per heavy atom. The Kier molecular flexibility index (Phi) is 5.07. The Bertz CT molecular complexity index is 929. The lowest BCUT2D eigenvalue weighted by molar-refractivity contribution is -0.140. The van der Waals surface area contributed by atoms with Gasteiger partial charge in [0, 0.05) is 29.2 Å². The van der Waals surface area contributed by atoms with Gasteiger partial charge in [-0.05, 0) is 35.7 Å². The predicted octanol–water partition coefficient (Wildman–Crippen LogP) is 3.53. The highest BCUT2D eigenvalue weighted by molar-refractivity contribution is 5.99. The van der Waals surface area contributed by atoms with Crippen LogP contribution < -0.4 is 5.32 Å². The number of amides is 1. The van der Waals surface area contributed by atoms with Crippen molar-refractivity contribution in [1.29, 1.82) is 0 Å². The molecule has 2 N–H and O–H groups in total. The summed E-state index contributed by atoms with van der Waals surface area (Å²) in [5, 5.41) is 12.8. The third kappa shape index (κ3) is 3.77. The van der Waals surface area contributed by atoms with E-state index in [4.69, 9.17) is 0 Å². The van der Waals surface area contributed by atoms with Gasteiger partial charge in [-0.25, -0.2) is 4.79 Å². The molecule has 3 aromatic rings. The highest BCUT2D eigenvalue weighted by Crippen LogP contribution is 2.19. The molecule has 0 saturated heterocycles. The van der Waals surface area contributed by atoms with Gasteiger partial charge < -0.3 is 15.0 Å². The highest BCUT2D eigenvalue weighted by Gasteiger charge is 2.24. The van der Waals surface area contributed by atoms with E-state index in [2.05, 4.69) is 22.0 Å². The number of aromatic nitrogens is 1. The van der Waals surface area contributed by atoms with Crippen molar-refractivity contribution < 1.29 is 14.7 Å². The van der Waals surface area contributed by atoms with E-state index in [0.29, 0.717) is 5.56 Å². The molecule has 5 heteroatoms. The number of carbonyl (C=O) groups is 2. The zero-order chi connectivity index (χ0) is 18.7. The van der Waals surface area contributed by atoms with E-state index < -0.39 is 12.0 Å². The lowest BCUT2D eigenvalue weighted by Gasteiger charge is -2.18. The van der Waals surface area contributed by atoms with Crippen LogP contribution in [-0.2, 0) is 11.3 Å². The van der Waals surface area contributed by atoms with Crippen molar-refractivity contribution >= 4 is 22.8 Å². The first-order valence-electron chi connectivity index (χ1n) is 8.62. The van der Waals surface area contributed by atoms with Gasteiger partial charge in [0.15, 0.2) is 0 Å². The molecule has 2 aromatic carbocycles. The highest BCUT2D eigenvalue weighted by atomic mass is 16.4. The molecule has 1 atom stereocenters. The molecule has 1 aromatic heterocycles. The van der Waals surface area contributed by atoms with Crippen molar-refractivity contribution in [3.8, 4) is 0 Å². The number of nitrogens with one attached hydrogen (secondary N) is 1. The molecule has 0 bridgehead atoms. The summed E-state index contributed by atoms with van der Waals surface area (Å²) in [6.45, 7) is 4.29. The van der Waals surface area contributed by atoms with Crippen LogP contribution in [0.4, 0.5) is 0 Å². The Morgan fingerprint density at radius 3 is 2.46 bits per heavy atom. The van der Waals surface area contributed by atoms with E-state index in [1.54, 1.807) is 26.0 Å². The molecule has 0 aliphatic carbocycles. The first-order chi connectivity index (χ1) is 12.5. The fraction of sp³-hybridized carbons (Fsp3) is 0.238. The van der Waals surface area contributed by atoms with Gasteiger partial charge in [-0.3, -0.25) is 4.79 Å². The van der Waals surface area contributed by atoms with Gasteiger partial charge in [0.2, 0.25) is 0 Å². The minimum atomic E-state index is -1.02. The number of rotatable bonds is 6. The van der Waals surface area contributed by atoms with Gasteiger partial charge >= 0.3 is 5.97 Å². The van der Waals surface area contributed by atoms with E-state index in [9.17, 15) is 14.7 Å². The van der Waals surface area contributed by atoms with Crippen molar-refractivity contribution in [3.05, 3.63) is 71.9 Å². The Morgan fingerprint density at radius 2 is 1.81 bits per heavy atom. The van der Waals surface area contributed by atoms with Crippen LogP contribution in [0.25, 0.3) is 10.9 Å². The molecular weight excluding hydrogens is 328 g/mol. The molecule has 1 heterocycles. The van der Waals surface area contributed by atoms with Gasteiger partial charge in [-0.2, -0.15) is 0 Å². The first kappa shape index (κ1) is 17.7. The van der Waals surface area contributed by atoms with Crippen molar-refractivity contribution in [2.75, 3.05) is 0 Å². The second kappa shape index (κ2) is 7.44. The molecule has 0 unspecified atom stereocenters. The topological polar surface area (TPSA) is 71.3 Å². The molecule has 0 radical (unpaired) electrons. The third-order valence-corrected chi connectivity index (χ3v) is 4.45. The zero-order valence-corrected chi connectivity index (χ0v) is 14.8. The Hall–Kier alpha value is -3.08. The average Bonchev–Trinajstić information content (AvgIpc) is 3.02. The number of carbonyl (C=O) groups excluding carboxylic acids is 1. The van der Waals surface area contributed by atoms with Gasteiger partial charge in [0.05, 0.1) is 0 Å². The molecule has 0 aliphatic heterocycles. The quantitative estimate of drug-likeness (QED) is 0.714. The van der Waals surface area contributed by atoms with Crippen LogP contribution >= 0.6 is 0 Å². The van der Waals surface area contributed by atoms with Crippen molar-refractivity contribution in [3.63, 3.8) is 0 Å². The largest absolute Gasteiger partial charge is 0.480 e. The summed E-state index contributed by atoms with van der Waals surface area (Å²) in [5.41, 5.74) is 2.69. The minimum absolute atomic E-state index is 0.188. The number of carboxylic acid groups (broad SMARTS) is 1. The Labute approximate surface area is 152 Å². The van der Waals surface area contributed by atoms with Crippen LogP contribution in [0.1, 0.15) is 29.8 Å². The summed E-state index contributed by atoms with van der Waals surface area (Å²) in [7, 11) is 0. The monoisotopic (exact) mass is 350 g/mol. The van der Waals surface area contributed by atoms with E-state index in [1.165, 1.54) is 5.56 Å². The number of fused-ring (bicyclic) bond motifs is 1. The molecule has 0 saturated carbocycles. The van der Waals surface area contributed by atoms with Crippen LogP contribution in [0.15, 0.2) is 60.8 Å². The number of nitrogens with zero attached hydrogens (tertiary/aromatic N) is 1. The molecule has 134 valence electrons. The van der Waals surface area contributed by atoms with Crippen molar-refractivity contribution in [2.45, 2.75) is 26.4 Å². The van der Waals surface area contributed by atoms with Crippen LogP contribution in [0.2, 0.25) is 0 Å². The molecule has 26 heavy (non-hydrogen) atoms. The third-order valence-electron chi connectivity index (χ3n) is 4.45. The lowest BCUT2D eigenvalue weighted by atomic mass is 10.0. The molecule has 1 amide bonds. The number of hydrogen-bond acceptors (Lipinski definition) is 2. The maximum Gasteiger partial charge on any atom is 0.326 e. The fourth-order valence-corrected chi connectivity index (χ4v) is 3.00. The van der Waals surface area contributed by atoms with Crippen molar-refractivity contribution in [2.24, 2.45) is 5.92 Å². The van der Waals surface area contributed by atoms with E-state index >= 15 is 0 Å². The molecular formula is C21H22N2O3. The number of benzene rings is 2. The number of hydrogen-bond donors (Lipinski definition) is 2. The first-order valence-corrected chi connectivity index (χ1v) is 8.62. The van der Waals surface area contributed by atoms with Gasteiger partial charge in [0.1, 0.15) is 6.04 Å². The SMILES string of the molecule is CC(C)[C@H](NC(=O)c1ccc2c(ccn2Cc2ccccc2)c1)C(=O)O. The zero-order valence-electron chi connectivity index (χ0n) is 14.8. The maximum absolute atomic E-state index is 12.4. The molecule has 3 rings (SSSR count). The standard InChI is InChI=1S/C21H22N2O3/c1-14(2)19(21(25)26)22-20(24)17-8-9-18-16(12-17)10-11-23(18)13-15-6-4-3-5-7-15/h3-12,14,19H,13H2,1-2H3,(H,22,24)(H,25,26)/t19-/m0/s1. The van der Waals surface area contributed by atoms with E-state index in [0.717, 1.165) is 17.4 Å². The van der Waals surface area contributed by atoms with Gasteiger partial charge in [-0.1, -0.05) is 44.2 Å². The summed E-state index contributed by atoms with van der Waals surface area (Å²) in [4.78, 5) is 23.7. The second-order valence-corrected chi connectivity index (χ2v) is 6.74. The lowest BCUT2D eigenvalue weighted by Crippen LogP contribution is -2.44. The van der Waals surface area contributed by atoms with Crippen LogP contribution in [0, 0.1) is 5.92 Å². The molecule has 0 aliphatic rings. The van der Waals surface area contributed by atoms with Gasteiger partial charge in [0.25, 0.3) is 5.91 Å². The predicted molar refractivity (Wildman–Crippen MR) is 101 cm³/mol. The molecule has 5 nitrogen and oxygen atoms in total. The average molecular weight is 350 g/mol. The summed E-state index contributed by atoms with van der Waals surface area (Å²) in [5.74, 6) is -1.58. The summed E-state index contributed by atoms with van der Waals surface area (Å²) in [6, 6.07) is 16.7. The minimum Gasteiger partial charge on any atom is -0.480 e. The molecule has 0 fully saturated rings. The normalized spacial score (nSPS) is 12.3. The van der Waals surface area contributed by atoms with E-state index in [-0.39, 0.29) is 11.8 Å². The van der Waals surface area contributed by atoms with Crippen LogP contribution in [0.5, 0.6) is 0 Å². The van der Waals surface area contributed by atoms with Crippen LogP contribution in [-0.4, -0.2) is 27.6 Å². The van der Waals surface area contributed by atoms with Gasteiger partial charge in [-0.15, -0.1) is 0 Å². The summed E-state index contributed by atoms with van der Waals surface area (Å²) in [6.07, 6.45) is 1.99. The van der Waals surface area contributed by atoms with Crippen LogP contribution in [0.3, 0.4) is 0 Å². The Balaban J connectivity index is 1.82. The second-order valence-electron chi connectivity index (χ2n) is 6.74. The summed E-state index contributed by atoms with van der Waals surface area (Å²) >= 11 is 0. The van der Waals surface area contributed by atoms with E-state index in [1.807, 2.05) is 36.5 Å². The van der Waals surface area contributed by atoms with Crippen molar-refractivity contribution in [1.82, 2.24) is 9.88 Å². The smallest absolute Gasteiger partial charge is 0.326 e. The fourth-order valence-electron chi connectivity index (χ4n) is 3.00. The number of aliphatic carboxylic acids is 1. The molecule has 0 spiro atoms. The maximum atomic E-state index is 12.4. The summed E-state index contributed by atoms with van der Waals surface area (Å²) < 4.78 is 2.13. The number of carboxylic acids is 1.